The van der Waals surface area contributed by atoms with E-state index in [9.17, 15) is 4.79 Å². The Labute approximate surface area is 158 Å². The van der Waals surface area contributed by atoms with Gasteiger partial charge in [-0.1, -0.05) is 23.7 Å². The van der Waals surface area contributed by atoms with Crippen molar-refractivity contribution >= 4 is 35.6 Å². The molecule has 1 aliphatic heterocycles. The van der Waals surface area contributed by atoms with E-state index in [0.29, 0.717) is 22.1 Å². The Balaban J connectivity index is 0.00000225. The Morgan fingerprint density at radius 2 is 1.88 bits per heavy atom. The number of hydrogen-bond acceptors (Lipinski definition) is 4. The molecule has 0 spiro atoms. The molecule has 0 bridgehead atoms. The maximum Gasteiger partial charge on any atom is 0.259 e. The molecule has 0 radical (unpaired) electrons. The summed E-state index contributed by atoms with van der Waals surface area (Å²) in [4.78, 5) is 14.9. The van der Waals surface area contributed by atoms with Crippen molar-refractivity contribution in [3.63, 3.8) is 0 Å². The third-order valence-electron chi connectivity index (χ3n) is 4.11. The predicted molar refractivity (Wildman–Crippen MR) is 101 cm³/mol. The minimum Gasteiger partial charge on any atom is -0.496 e. The van der Waals surface area contributed by atoms with Crippen LogP contribution in [0.4, 0.5) is 5.69 Å². The van der Waals surface area contributed by atoms with Crippen LogP contribution in [0.15, 0.2) is 30.3 Å². The van der Waals surface area contributed by atoms with Crippen molar-refractivity contribution in [1.82, 2.24) is 4.90 Å². The number of hydrogen-bond donors (Lipinski definition) is 1. The van der Waals surface area contributed by atoms with E-state index < -0.39 is 0 Å². The molecule has 0 atom stereocenters. The summed E-state index contributed by atoms with van der Waals surface area (Å²) >= 11 is 6.15. The number of amides is 1. The Bertz CT molecular complexity index is 796. The third-order valence-corrected chi connectivity index (χ3v) is 4.40. The fraction of sp³-hybridized carbons (Fsp3) is 0.278. The van der Waals surface area contributed by atoms with Crippen LogP contribution in [0.5, 0.6) is 11.5 Å². The van der Waals surface area contributed by atoms with Crippen molar-refractivity contribution in [3.8, 4) is 11.5 Å². The summed E-state index contributed by atoms with van der Waals surface area (Å²) in [5.74, 6) is 0.616. The van der Waals surface area contributed by atoms with E-state index in [1.54, 1.807) is 12.1 Å². The summed E-state index contributed by atoms with van der Waals surface area (Å²) in [5.41, 5.74) is 3.56. The summed E-state index contributed by atoms with van der Waals surface area (Å²) in [7, 11) is 5.08. The number of fused-ring (bicyclic) bond motifs is 1. The number of anilines is 1. The highest BCUT2D eigenvalue weighted by Crippen LogP contribution is 2.34. The molecule has 25 heavy (non-hydrogen) atoms. The molecular weight excluding hydrogens is 363 g/mol. The van der Waals surface area contributed by atoms with Crippen LogP contribution in [-0.2, 0) is 13.1 Å². The van der Waals surface area contributed by atoms with Gasteiger partial charge in [0.05, 0.1) is 24.8 Å². The molecule has 1 amide bonds. The maximum absolute atomic E-state index is 12.7. The zero-order valence-corrected chi connectivity index (χ0v) is 15.8. The monoisotopic (exact) mass is 382 g/mol. The van der Waals surface area contributed by atoms with E-state index in [4.69, 9.17) is 21.1 Å². The highest BCUT2D eigenvalue weighted by atomic mass is 35.5. The molecule has 2 aromatic rings. The molecule has 0 unspecified atom stereocenters. The second-order valence-corrected chi connectivity index (χ2v) is 6.16. The van der Waals surface area contributed by atoms with E-state index in [1.807, 2.05) is 12.1 Å². The highest BCUT2D eigenvalue weighted by molar-refractivity contribution is 6.32. The van der Waals surface area contributed by atoms with E-state index in [-0.39, 0.29) is 18.3 Å². The van der Waals surface area contributed by atoms with Crippen LogP contribution in [0.25, 0.3) is 0 Å². The molecule has 5 nitrogen and oxygen atoms in total. The Hall–Kier alpha value is -1.95. The van der Waals surface area contributed by atoms with Crippen molar-refractivity contribution in [2.24, 2.45) is 0 Å². The lowest BCUT2D eigenvalue weighted by Gasteiger charge is -2.14. The molecular formula is C18H20Cl2N2O3. The van der Waals surface area contributed by atoms with Gasteiger partial charge in [0.25, 0.3) is 5.91 Å². The van der Waals surface area contributed by atoms with E-state index in [0.717, 1.165) is 24.3 Å². The van der Waals surface area contributed by atoms with Gasteiger partial charge < -0.3 is 14.8 Å². The van der Waals surface area contributed by atoms with Crippen molar-refractivity contribution in [2.45, 2.75) is 13.1 Å². The molecule has 0 saturated heterocycles. The van der Waals surface area contributed by atoms with Gasteiger partial charge in [0, 0.05) is 24.8 Å². The van der Waals surface area contributed by atoms with Crippen LogP contribution in [0, 0.1) is 0 Å². The number of benzene rings is 2. The van der Waals surface area contributed by atoms with Gasteiger partial charge in [0.15, 0.2) is 0 Å². The number of ether oxygens (including phenoxy) is 2. The fourth-order valence-electron chi connectivity index (χ4n) is 2.93. The minimum absolute atomic E-state index is 0. The zero-order valence-electron chi connectivity index (χ0n) is 14.3. The van der Waals surface area contributed by atoms with Gasteiger partial charge in [-0.2, -0.15) is 0 Å². The van der Waals surface area contributed by atoms with E-state index >= 15 is 0 Å². The van der Waals surface area contributed by atoms with Crippen molar-refractivity contribution in [2.75, 3.05) is 26.6 Å². The number of carbonyl (C=O) groups excluding carboxylic acids is 1. The van der Waals surface area contributed by atoms with Gasteiger partial charge in [-0.25, -0.2) is 0 Å². The first-order chi connectivity index (χ1) is 11.5. The largest absolute Gasteiger partial charge is 0.496 e. The summed E-state index contributed by atoms with van der Waals surface area (Å²) in [6, 6.07) is 9.11. The molecule has 0 aromatic heterocycles. The number of nitrogens with one attached hydrogen (secondary N) is 1. The molecule has 134 valence electrons. The van der Waals surface area contributed by atoms with Gasteiger partial charge in [-0.15, -0.1) is 12.4 Å². The molecule has 7 heteroatoms. The molecule has 2 aromatic carbocycles. The zero-order chi connectivity index (χ0) is 17.3. The average Bonchev–Trinajstić information content (AvgIpc) is 2.96. The van der Waals surface area contributed by atoms with Gasteiger partial charge in [0.2, 0.25) is 0 Å². The Morgan fingerprint density at radius 1 is 1.16 bits per heavy atom. The SMILES string of the molecule is COc1cc(OC)c(C(=O)Nc2cccc3c2CN(C)C3)cc1Cl.Cl. The second-order valence-electron chi connectivity index (χ2n) is 5.76. The third kappa shape index (κ3) is 3.84. The molecule has 0 aliphatic carbocycles. The first kappa shape index (κ1) is 19.4. The lowest BCUT2D eigenvalue weighted by atomic mass is 10.1. The number of halogens is 2. The number of methoxy groups -OCH3 is 2. The summed E-state index contributed by atoms with van der Waals surface area (Å²) in [6.45, 7) is 1.70. The van der Waals surface area contributed by atoms with E-state index in [1.165, 1.54) is 19.8 Å². The second kappa shape index (κ2) is 7.95. The van der Waals surface area contributed by atoms with Crippen LogP contribution in [0.1, 0.15) is 21.5 Å². The predicted octanol–water partition coefficient (Wildman–Crippen LogP) is 3.98. The Kier molecular flexibility index (Phi) is 6.16. The quantitative estimate of drug-likeness (QED) is 0.868. The molecule has 0 saturated carbocycles. The van der Waals surface area contributed by atoms with Crippen LogP contribution in [-0.4, -0.2) is 32.1 Å². The van der Waals surface area contributed by atoms with Crippen molar-refractivity contribution in [3.05, 3.63) is 52.0 Å². The van der Waals surface area contributed by atoms with Crippen molar-refractivity contribution in [1.29, 1.82) is 0 Å². The standard InChI is InChI=1S/C18H19ClN2O3.ClH/c1-21-9-11-5-4-6-15(13(11)10-21)20-18(22)12-7-14(19)17(24-3)8-16(12)23-2;/h4-8H,9-10H2,1-3H3,(H,20,22);1H. The Morgan fingerprint density at radius 3 is 2.56 bits per heavy atom. The van der Waals surface area contributed by atoms with Crippen LogP contribution in [0.3, 0.4) is 0 Å². The molecule has 1 N–H and O–H groups in total. The van der Waals surface area contributed by atoms with Gasteiger partial charge in [0.1, 0.15) is 11.5 Å². The topological polar surface area (TPSA) is 50.8 Å². The number of carbonyl (C=O) groups is 1. The number of nitrogens with zero attached hydrogens (tertiary/aromatic N) is 1. The molecule has 3 rings (SSSR count). The average molecular weight is 383 g/mol. The van der Waals surface area contributed by atoms with Crippen LogP contribution in [0.2, 0.25) is 5.02 Å². The fourth-order valence-corrected chi connectivity index (χ4v) is 3.17. The lowest BCUT2D eigenvalue weighted by Crippen LogP contribution is -2.15. The van der Waals surface area contributed by atoms with Gasteiger partial charge in [-0.05, 0) is 30.3 Å². The normalized spacial score (nSPS) is 13.0. The highest BCUT2D eigenvalue weighted by Gasteiger charge is 2.21. The molecule has 1 heterocycles. The lowest BCUT2D eigenvalue weighted by molar-refractivity contribution is 0.102. The smallest absolute Gasteiger partial charge is 0.259 e. The summed E-state index contributed by atoms with van der Waals surface area (Å²) in [5, 5.41) is 3.34. The van der Waals surface area contributed by atoms with Gasteiger partial charge in [-0.3, -0.25) is 9.69 Å². The van der Waals surface area contributed by atoms with Crippen LogP contribution < -0.4 is 14.8 Å². The summed E-state index contributed by atoms with van der Waals surface area (Å²) in [6.07, 6.45) is 0. The first-order valence-corrected chi connectivity index (χ1v) is 7.93. The summed E-state index contributed by atoms with van der Waals surface area (Å²) < 4.78 is 10.5. The maximum atomic E-state index is 12.7. The minimum atomic E-state index is -0.264. The van der Waals surface area contributed by atoms with Crippen LogP contribution >= 0.6 is 24.0 Å². The van der Waals surface area contributed by atoms with E-state index in [2.05, 4.69) is 23.3 Å². The molecule has 1 aliphatic rings. The first-order valence-electron chi connectivity index (χ1n) is 7.55. The molecule has 0 fully saturated rings. The van der Waals surface area contributed by atoms with Gasteiger partial charge >= 0.3 is 0 Å². The number of rotatable bonds is 4. The van der Waals surface area contributed by atoms with Crippen molar-refractivity contribution < 1.29 is 14.3 Å².